The topological polar surface area (TPSA) is 76.3 Å². The summed E-state index contributed by atoms with van der Waals surface area (Å²) < 4.78 is 24.8. The highest BCUT2D eigenvalue weighted by Crippen LogP contribution is 2.27. The molecule has 0 saturated carbocycles. The van der Waals surface area contributed by atoms with Crippen LogP contribution >= 0.6 is 0 Å². The van der Waals surface area contributed by atoms with Gasteiger partial charge in [0.2, 0.25) is 10.0 Å². The smallest absolute Gasteiger partial charge is 0.211 e. The van der Waals surface area contributed by atoms with E-state index in [1.54, 1.807) is 10.5 Å². The SMILES string of the molecule is Cc1cccnc1C(N)CC1CCCN(S(C)(=O)=O)C1. The van der Waals surface area contributed by atoms with Crippen LogP contribution in [0.3, 0.4) is 0 Å². The molecule has 1 aromatic rings. The van der Waals surface area contributed by atoms with Gasteiger partial charge < -0.3 is 5.73 Å². The zero-order valence-electron chi connectivity index (χ0n) is 12.1. The van der Waals surface area contributed by atoms with Gasteiger partial charge in [0, 0.05) is 25.3 Å². The van der Waals surface area contributed by atoms with Crippen LogP contribution in [0.4, 0.5) is 0 Å². The van der Waals surface area contributed by atoms with Crippen molar-refractivity contribution in [3.05, 3.63) is 29.6 Å². The molecule has 1 aliphatic heterocycles. The minimum atomic E-state index is -3.09. The predicted molar refractivity (Wildman–Crippen MR) is 79.7 cm³/mol. The molecule has 0 spiro atoms. The Balaban J connectivity index is 2.01. The van der Waals surface area contributed by atoms with Gasteiger partial charge in [0.05, 0.1) is 11.9 Å². The normalized spacial score (nSPS) is 22.6. The molecule has 0 aliphatic carbocycles. The van der Waals surface area contributed by atoms with E-state index >= 15 is 0 Å². The summed E-state index contributed by atoms with van der Waals surface area (Å²) in [5, 5.41) is 0. The number of nitrogens with two attached hydrogens (primary N) is 1. The first-order valence-corrected chi connectivity index (χ1v) is 8.85. The van der Waals surface area contributed by atoms with Crippen LogP contribution in [0.5, 0.6) is 0 Å². The van der Waals surface area contributed by atoms with Crippen LogP contribution in [0.1, 0.15) is 36.6 Å². The lowest BCUT2D eigenvalue weighted by molar-refractivity contribution is 0.246. The maximum absolute atomic E-state index is 11.6. The summed E-state index contributed by atoms with van der Waals surface area (Å²) in [6.07, 6.45) is 5.76. The lowest BCUT2D eigenvalue weighted by Gasteiger charge is -2.32. The average Bonchev–Trinajstić information content (AvgIpc) is 2.38. The summed E-state index contributed by atoms with van der Waals surface area (Å²) >= 11 is 0. The molecular formula is C14H23N3O2S. The summed E-state index contributed by atoms with van der Waals surface area (Å²) in [7, 11) is -3.09. The minimum absolute atomic E-state index is 0.124. The quantitative estimate of drug-likeness (QED) is 0.912. The van der Waals surface area contributed by atoms with Gasteiger partial charge in [-0.3, -0.25) is 4.98 Å². The Hall–Kier alpha value is -0.980. The first-order valence-electron chi connectivity index (χ1n) is 7.00. The van der Waals surface area contributed by atoms with Gasteiger partial charge in [-0.25, -0.2) is 12.7 Å². The van der Waals surface area contributed by atoms with Crippen LogP contribution in [-0.4, -0.2) is 37.1 Å². The highest BCUT2D eigenvalue weighted by atomic mass is 32.2. The van der Waals surface area contributed by atoms with Crippen molar-refractivity contribution in [1.29, 1.82) is 0 Å². The molecule has 1 fully saturated rings. The number of rotatable bonds is 4. The fourth-order valence-corrected chi connectivity index (χ4v) is 3.82. The van der Waals surface area contributed by atoms with Crippen molar-refractivity contribution in [2.45, 2.75) is 32.2 Å². The minimum Gasteiger partial charge on any atom is -0.323 e. The number of nitrogens with zero attached hydrogens (tertiary/aromatic N) is 2. The molecule has 1 aliphatic rings. The highest BCUT2D eigenvalue weighted by Gasteiger charge is 2.27. The Labute approximate surface area is 121 Å². The third kappa shape index (κ3) is 3.77. The van der Waals surface area contributed by atoms with Crippen molar-refractivity contribution >= 4 is 10.0 Å². The fourth-order valence-electron chi connectivity index (χ4n) is 2.88. The van der Waals surface area contributed by atoms with Gasteiger partial charge in [-0.05, 0) is 43.7 Å². The van der Waals surface area contributed by atoms with Gasteiger partial charge in [0.25, 0.3) is 0 Å². The van der Waals surface area contributed by atoms with E-state index in [-0.39, 0.29) is 6.04 Å². The molecule has 0 bridgehead atoms. The number of hydrogen-bond donors (Lipinski definition) is 1. The van der Waals surface area contributed by atoms with Crippen molar-refractivity contribution in [2.75, 3.05) is 19.3 Å². The van der Waals surface area contributed by atoms with E-state index < -0.39 is 10.0 Å². The lowest BCUT2D eigenvalue weighted by atomic mass is 9.90. The summed E-state index contributed by atoms with van der Waals surface area (Å²) in [6.45, 7) is 3.22. The molecule has 2 atom stereocenters. The van der Waals surface area contributed by atoms with Crippen molar-refractivity contribution < 1.29 is 8.42 Å². The van der Waals surface area contributed by atoms with Gasteiger partial charge in [-0.2, -0.15) is 0 Å². The third-order valence-electron chi connectivity index (χ3n) is 3.94. The van der Waals surface area contributed by atoms with E-state index in [0.29, 0.717) is 19.0 Å². The monoisotopic (exact) mass is 297 g/mol. The van der Waals surface area contributed by atoms with E-state index in [1.807, 2.05) is 19.1 Å². The molecule has 2 N–H and O–H groups in total. The molecule has 0 radical (unpaired) electrons. The van der Waals surface area contributed by atoms with E-state index in [9.17, 15) is 8.42 Å². The van der Waals surface area contributed by atoms with Crippen LogP contribution in [0, 0.1) is 12.8 Å². The first-order chi connectivity index (χ1) is 9.38. The molecule has 2 rings (SSSR count). The highest BCUT2D eigenvalue weighted by molar-refractivity contribution is 7.88. The molecule has 1 aromatic heterocycles. The van der Waals surface area contributed by atoms with Crippen LogP contribution < -0.4 is 5.73 Å². The number of sulfonamides is 1. The fraction of sp³-hybridized carbons (Fsp3) is 0.643. The second-order valence-corrected chi connectivity index (χ2v) is 7.66. The predicted octanol–water partition coefficient (Wildman–Crippen LogP) is 1.45. The zero-order valence-corrected chi connectivity index (χ0v) is 12.9. The maximum Gasteiger partial charge on any atom is 0.211 e. The van der Waals surface area contributed by atoms with Crippen molar-refractivity contribution in [3.63, 3.8) is 0 Å². The van der Waals surface area contributed by atoms with Gasteiger partial charge in [0.1, 0.15) is 0 Å². The summed E-state index contributed by atoms with van der Waals surface area (Å²) in [6, 6.07) is 3.78. The van der Waals surface area contributed by atoms with Crippen LogP contribution in [0.25, 0.3) is 0 Å². The summed E-state index contributed by atoms with van der Waals surface area (Å²) in [4.78, 5) is 4.35. The number of pyridine rings is 1. The Morgan fingerprint density at radius 3 is 2.95 bits per heavy atom. The van der Waals surface area contributed by atoms with E-state index in [1.165, 1.54) is 6.26 Å². The molecule has 2 heterocycles. The molecule has 5 nitrogen and oxygen atoms in total. The molecule has 2 unspecified atom stereocenters. The molecule has 6 heteroatoms. The van der Waals surface area contributed by atoms with Gasteiger partial charge in [-0.1, -0.05) is 6.07 Å². The van der Waals surface area contributed by atoms with Gasteiger partial charge in [-0.15, -0.1) is 0 Å². The molecule has 20 heavy (non-hydrogen) atoms. The number of aryl methyl sites for hydroxylation is 1. The van der Waals surface area contributed by atoms with E-state index in [0.717, 1.165) is 30.5 Å². The number of hydrogen-bond acceptors (Lipinski definition) is 4. The van der Waals surface area contributed by atoms with Crippen molar-refractivity contribution in [2.24, 2.45) is 11.7 Å². The molecule has 0 aromatic carbocycles. The zero-order chi connectivity index (χ0) is 14.8. The van der Waals surface area contributed by atoms with Crippen LogP contribution in [-0.2, 0) is 10.0 Å². The van der Waals surface area contributed by atoms with Gasteiger partial charge in [0.15, 0.2) is 0 Å². The van der Waals surface area contributed by atoms with E-state index in [2.05, 4.69) is 4.98 Å². The summed E-state index contributed by atoms with van der Waals surface area (Å²) in [5.74, 6) is 0.315. The Bertz CT molecular complexity index is 559. The Morgan fingerprint density at radius 1 is 1.55 bits per heavy atom. The van der Waals surface area contributed by atoms with Crippen LogP contribution in [0.2, 0.25) is 0 Å². The average molecular weight is 297 g/mol. The van der Waals surface area contributed by atoms with Crippen molar-refractivity contribution in [1.82, 2.24) is 9.29 Å². The Kier molecular flexibility index (Phi) is 4.78. The second kappa shape index (κ2) is 6.20. The first kappa shape index (κ1) is 15.4. The number of aromatic nitrogens is 1. The third-order valence-corrected chi connectivity index (χ3v) is 5.21. The van der Waals surface area contributed by atoms with Gasteiger partial charge >= 0.3 is 0 Å². The molecular weight excluding hydrogens is 274 g/mol. The summed E-state index contributed by atoms with van der Waals surface area (Å²) in [5.41, 5.74) is 8.26. The maximum atomic E-state index is 11.6. The second-order valence-electron chi connectivity index (χ2n) is 5.68. The largest absolute Gasteiger partial charge is 0.323 e. The van der Waals surface area contributed by atoms with E-state index in [4.69, 9.17) is 5.73 Å². The van der Waals surface area contributed by atoms with Crippen molar-refractivity contribution in [3.8, 4) is 0 Å². The standard InChI is InChI=1S/C14H23N3O2S/c1-11-5-3-7-16-14(11)13(15)9-12-6-4-8-17(10-12)20(2,18)19/h3,5,7,12-13H,4,6,8-10,15H2,1-2H3. The molecule has 1 saturated heterocycles. The molecule has 0 amide bonds. The van der Waals surface area contributed by atoms with Crippen LogP contribution in [0.15, 0.2) is 18.3 Å². The molecule has 112 valence electrons. The lowest BCUT2D eigenvalue weighted by Crippen LogP contribution is -2.40. The Morgan fingerprint density at radius 2 is 2.30 bits per heavy atom. The number of piperidine rings is 1.